The van der Waals surface area contributed by atoms with E-state index in [-0.39, 0.29) is 5.82 Å². The fourth-order valence-corrected chi connectivity index (χ4v) is 0.913. The van der Waals surface area contributed by atoms with Crippen LogP contribution in [0.4, 0.5) is 5.82 Å². The number of nitrogen functional groups attached to an aromatic ring is 1. The Kier molecular flexibility index (Phi) is 1.33. The van der Waals surface area contributed by atoms with Crippen LogP contribution in [-0.4, -0.2) is 20.5 Å². The molecule has 0 saturated heterocycles. The van der Waals surface area contributed by atoms with Crippen molar-refractivity contribution >= 4 is 5.82 Å². The lowest BCUT2D eigenvalue weighted by Crippen LogP contribution is -1.88. The van der Waals surface area contributed by atoms with E-state index in [4.69, 9.17) is 5.73 Å². The Morgan fingerprint density at radius 1 is 1.50 bits per heavy atom. The maximum absolute atomic E-state index is 5.46. The average Bonchev–Trinajstić information content (AvgIpc) is 2.58. The zero-order valence-electron chi connectivity index (χ0n) is 6.40. The van der Waals surface area contributed by atoms with Gasteiger partial charge in [-0.3, -0.25) is 5.10 Å². The third-order valence-corrected chi connectivity index (χ3v) is 1.46. The molecule has 0 aliphatic rings. The first kappa shape index (κ1) is 6.84. The van der Waals surface area contributed by atoms with Gasteiger partial charge in [0.05, 0.1) is 0 Å². The predicted octanol–water partition coefficient (Wildman–Crippen LogP) is 0.350. The monoisotopic (exact) mass is 165 g/mol. The number of aromatic nitrogens is 4. The molecule has 62 valence electrons. The minimum atomic E-state index is 0.251. The van der Waals surface area contributed by atoms with Crippen molar-refractivity contribution in [3.05, 3.63) is 11.8 Å². The molecule has 0 aliphatic heterocycles. The summed E-state index contributed by atoms with van der Waals surface area (Å²) >= 11 is 0. The number of nitrogens with one attached hydrogen (secondary N) is 1. The van der Waals surface area contributed by atoms with E-state index in [1.54, 1.807) is 0 Å². The molecular weight excluding hydrogens is 158 g/mol. The molecule has 0 unspecified atom stereocenters. The zero-order chi connectivity index (χ0) is 8.55. The van der Waals surface area contributed by atoms with Gasteiger partial charge in [0.25, 0.3) is 0 Å². The summed E-state index contributed by atoms with van der Waals surface area (Å²) in [5.41, 5.74) is 7.51. The van der Waals surface area contributed by atoms with Crippen LogP contribution in [0.3, 0.4) is 0 Å². The molecule has 6 nitrogen and oxygen atoms in total. The van der Waals surface area contributed by atoms with Crippen molar-refractivity contribution < 1.29 is 4.63 Å². The maximum Gasteiger partial charge on any atom is 0.198 e. The number of aryl methyl sites for hydroxylation is 1. The van der Waals surface area contributed by atoms with Gasteiger partial charge >= 0.3 is 0 Å². The van der Waals surface area contributed by atoms with Crippen LogP contribution in [0, 0.1) is 6.92 Å². The van der Waals surface area contributed by atoms with Crippen molar-refractivity contribution in [3.63, 3.8) is 0 Å². The van der Waals surface area contributed by atoms with Crippen molar-refractivity contribution in [1.82, 2.24) is 20.5 Å². The van der Waals surface area contributed by atoms with Gasteiger partial charge in [-0.05, 0) is 23.3 Å². The summed E-state index contributed by atoms with van der Waals surface area (Å²) in [7, 11) is 0. The fourth-order valence-electron chi connectivity index (χ4n) is 0.913. The number of hydrogen-bond acceptors (Lipinski definition) is 5. The first-order valence-corrected chi connectivity index (χ1v) is 3.38. The van der Waals surface area contributed by atoms with Crippen LogP contribution in [0.25, 0.3) is 11.4 Å². The van der Waals surface area contributed by atoms with E-state index in [0.717, 1.165) is 5.69 Å². The molecule has 2 aromatic rings. The molecule has 0 amide bonds. The Morgan fingerprint density at radius 3 is 2.83 bits per heavy atom. The number of aromatic amines is 1. The standard InChI is InChI=1S/C6H7N5O/c1-3-2-4(9-8-3)5-6(7)11-12-10-5/h2H,1H3,(H2,7,11)(H,8,9). The second kappa shape index (κ2) is 2.33. The van der Waals surface area contributed by atoms with Gasteiger partial charge in [0.15, 0.2) is 11.5 Å². The Labute approximate surface area is 67.7 Å². The van der Waals surface area contributed by atoms with E-state index >= 15 is 0 Å². The van der Waals surface area contributed by atoms with Gasteiger partial charge in [-0.15, -0.1) is 0 Å². The highest BCUT2D eigenvalue weighted by atomic mass is 16.6. The van der Waals surface area contributed by atoms with Gasteiger partial charge < -0.3 is 5.73 Å². The number of nitrogens with zero attached hydrogens (tertiary/aromatic N) is 3. The third-order valence-electron chi connectivity index (χ3n) is 1.46. The van der Waals surface area contributed by atoms with Crippen molar-refractivity contribution in [3.8, 4) is 11.4 Å². The molecular formula is C6H7N5O. The number of anilines is 1. The fraction of sp³-hybridized carbons (Fsp3) is 0.167. The van der Waals surface area contributed by atoms with Crippen molar-refractivity contribution in [2.24, 2.45) is 0 Å². The Bertz CT molecular complexity index is 390. The normalized spacial score (nSPS) is 10.4. The quantitative estimate of drug-likeness (QED) is 0.635. The van der Waals surface area contributed by atoms with E-state index in [1.807, 2.05) is 13.0 Å². The van der Waals surface area contributed by atoms with Gasteiger partial charge in [-0.1, -0.05) is 0 Å². The minimum absolute atomic E-state index is 0.251. The molecule has 3 N–H and O–H groups in total. The number of nitrogens with two attached hydrogens (primary N) is 1. The van der Waals surface area contributed by atoms with Crippen LogP contribution in [0.5, 0.6) is 0 Å². The second-order valence-electron chi connectivity index (χ2n) is 2.43. The molecule has 0 spiro atoms. The number of hydrogen-bond donors (Lipinski definition) is 2. The molecule has 0 atom stereocenters. The van der Waals surface area contributed by atoms with Crippen molar-refractivity contribution in [2.75, 3.05) is 5.73 Å². The topological polar surface area (TPSA) is 93.6 Å². The number of H-pyrrole nitrogens is 1. The van der Waals surface area contributed by atoms with Crippen molar-refractivity contribution in [2.45, 2.75) is 6.92 Å². The molecule has 2 aromatic heterocycles. The predicted molar refractivity (Wildman–Crippen MR) is 41.0 cm³/mol. The highest BCUT2D eigenvalue weighted by Gasteiger charge is 2.11. The van der Waals surface area contributed by atoms with E-state index < -0.39 is 0 Å². The molecule has 0 radical (unpaired) electrons. The molecule has 0 aromatic carbocycles. The Hall–Kier alpha value is -1.85. The third kappa shape index (κ3) is 0.931. The van der Waals surface area contributed by atoms with Crippen molar-refractivity contribution in [1.29, 1.82) is 0 Å². The summed E-state index contributed by atoms with van der Waals surface area (Å²) in [6.45, 7) is 1.89. The molecule has 2 rings (SSSR count). The lowest BCUT2D eigenvalue weighted by Gasteiger charge is -1.84. The molecule has 12 heavy (non-hydrogen) atoms. The van der Waals surface area contributed by atoms with Crippen LogP contribution >= 0.6 is 0 Å². The Morgan fingerprint density at radius 2 is 2.33 bits per heavy atom. The summed E-state index contributed by atoms with van der Waals surface area (Å²) in [5.74, 6) is 0.251. The molecule has 0 saturated carbocycles. The van der Waals surface area contributed by atoms with Gasteiger partial charge in [-0.2, -0.15) is 5.10 Å². The summed E-state index contributed by atoms with van der Waals surface area (Å²) < 4.78 is 4.43. The van der Waals surface area contributed by atoms with Crippen LogP contribution in [0.1, 0.15) is 5.69 Å². The summed E-state index contributed by atoms with van der Waals surface area (Å²) in [5, 5.41) is 13.8. The van der Waals surface area contributed by atoms with Gasteiger partial charge in [0.1, 0.15) is 5.69 Å². The first-order valence-electron chi connectivity index (χ1n) is 3.38. The SMILES string of the molecule is Cc1cc(-c2nonc2N)n[nH]1. The van der Waals surface area contributed by atoms with Crippen LogP contribution in [0.2, 0.25) is 0 Å². The summed E-state index contributed by atoms with van der Waals surface area (Å²) in [6, 6.07) is 1.82. The molecule has 0 aliphatic carbocycles. The summed E-state index contributed by atoms with van der Waals surface area (Å²) in [6.07, 6.45) is 0. The summed E-state index contributed by atoms with van der Waals surface area (Å²) in [4.78, 5) is 0. The van der Waals surface area contributed by atoms with E-state index in [2.05, 4.69) is 25.1 Å². The Balaban J connectivity index is 2.50. The van der Waals surface area contributed by atoms with E-state index in [0.29, 0.717) is 11.4 Å². The molecule has 2 heterocycles. The van der Waals surface area contributed by atoms with Gasteiger partial charge in [-0.25, -0.2) is 4.63 Å². The molecule has 6 heteroatoms. The second-order valence-corrected chi connectivity index (χ2v) is 2.43. The smallest absolute Gasteiger partial charge is 0.198 e. The van der Waals surface area contributed by atoms with Crippen LogP contribution in [-0.2, 0) is 0 Å². The minimum Gasteiger partial charge on any atom is -0.379 e. The highest BCUT2D eigenvalue weighted by molar-refractivity contribution is 5.65. The average molecular weight is 165 g/mol. The highest BCUT2D eigenvalue weighted by Crippen LogP contribution is 2.19. The lowest BCUT2D eigenvalue weighted by atomic mass is 10.3. The van der Waals surface area contributed by atoms with Crippen LogP contribution in [0.15, 0.2) is 10.7 Å². The molecule has 0 fully saturated rings. The number of rotatable bonds is 1. The van der Waals surface area contributed by atoms with E-state index in [1.165, 1.54) is 0 Å². The molecule has 0 bridgehead atoms. The van der Waals surface area contributed by atoms with E-state index in [9.17, 15) is 0 Å². The zero-order valence-corrected chi connectivity index (χ0v) is 6.40. The van der Waals surface area contributed by atoms with Gasteiger partial charge in [0.2, 0.25) is 0 Å². The first-order chi connectivity index (χ1) is 5.77. The maximum atomic E-state index is 5.46. The largest absolute Gasteiger partial charge is 0.379 e. The lowest BCUT2D eigenvalue weighted by molar-refractivity contribution is 0.310. The van der Waals surface area contributed by atoms with Crippen LogP contribution < -0.4 is 5.73 Å². The van der Waals surface area contributed by atoms with Gasteiger partial charge in [0, 0.05) is 5.69 Å².